The lowest BCUT2D eigenvalue weighted by atomic mass is 10.2. The fourth-order valence-corrected chi connectivity index (χ4v) is 2.33. The number of thioether (sulfide) groups is 1. The molecule has 1 aromatic rings. The maximum absolute atomic E-state index is 11.4. The molecule has 2 N–H and O–H groups in total. The Morgan fingerprint density at radius 3 is 2.67 bits per heavy atom. The van der Waals surface area contributed by atoms with Crippen molar-refractivity contribution in [2.24, 2.45) is 0 Å². The first-order valence-corrected chi connectivity index (χ1v) is 6.70. The van der Waals surface area contributed by atoms with Crippen molar-refractivity contribution < 1.29 is 14.7 Å². The Labute approximate surface area is 111 Å². The maximum atomic E-state index is 11.4. The average Bonchev–Trinajstić information content (AvgIpc) is 2.31. The first-order valence-electron chi connectivity index (χ1n) is 5.71. The van der Waals surface area contributed by atoms with Gasteiger partial charge in [0, 0.05) is 17.1 Å². The monoisotopic (exact) mass is 267 g/mol. The molecule has 0 fully saturated rings. The molecule has 0 heterocycles. The number of hydrogen-bond donors (Lipinski definition) is 2. The van der Waals surface area contributed by atoms with Gasteiger partial charge in [0.1, 0.15) is 6.04 Å². The van der Waals surface area contributed by atoms with E-state index in [9.17, 15) is 9.59 Å². The van der Waals surface area contributed by atoms with Gasteiger partial charge in [0.25, 0.3) is 0 Å². The molecule has 18 heavy (non-hydrogen) atoms. The number of hydrogen-bond acceptors (Lipinski definition) is 3. The number of rotatable bonds is 6. The normalized spacial score (nSPS) is 11.9. The summed E-state index contributed by atoms with van der Waals surface area (Å²) >= 11 is 1.60. The molecule has 1 amide bonds. The lowest BCUT2D eigenvalue weighted by Crippen LogP contribution is -2.38. The predicted octanol–water partition coefficient (Wildman–Crippen LogP) is 2.07. The molecule has 1 rings (SSSR count). The second-order valence-electron chi connectivity index (χ2n) is 3.99. The Balaban J connectivity index is 2.32. The SMILES string of the molecule is Cc1ccccc1SCCC(=O)NC(C)C(=O)O. The Hall–Kier alpha value is -1.49. The zero-order valence-electron chi connectivity index (χ0n) is 10.5. The van der Waals surface area contributed by atoms with Crippen LogP contribution in [0.4, 0.5) is 0 Å². The van der Waals surface area contributed by atoms with Crippen LogP contribution in [0.15, 0.2) is 29.2 Å². The molecule has 1 atom stereocenters. The number of nitrogens with one attached hydrogen (secondary N) is 1. The van der Waals surface area contributed by atoms with Gasteiger partial charge in [-0.1, -0.05) is 18.2 Å². The van der Waals surface area contributed by atoms with Crippen LogP contribution < -0.4 is 5.32 Å². The summed E-state index contributed by atoms with van der Waals surface area (Å²) in [6.07, 6.45) is 0.316. The van der Waals surface area contributed by atoms with Crippen LogP contribution in [-0.2, 0) is 9.59 Å². The van der Waals surface area contributed by atoms with Crippen molar-refractivity contribution in [3.8, 4) is 0 Å². The van der Waals surface area contributed by atoms with Gasteiger partial charge in [-0.25, -0.2) is 0 Å². The van der Waals surface area contributed by atoms with E-state index in [4.69, 9.17) is 5.11 Å². The predicted molar refractivity (Wildman–Crippen MR) is 71.8 cm³/mol. The van der Waals surface area contributed by atoms with Crippen molar-refractivity contribution in [2.45, 2.75) is 31.2 Å². The van der Waals surface area contributed by atoms with E-state index in [2.05, 4.69) is 5.32 Å². The van der Waals surface area contributed by atoms with E-state index in [0.29, 0.717) is 12.2 Å². The number of carboxylic acids is 1. The highest BCUT2D eigenvalue weighted by atomic mass is 32.2. The van der Waals surface area contributed by atoms with Crippen molar-refractivity contribution in [3.63, 3.8) is 0 Å². The Kier molecular flexibility index (Phi) is 5.71. The van der Waals surface area contributed by atoms with Crippen LogP contribution in [-0.4, -0.2) is 28.8 Å². The molecule has 5 heteroatoms. The van der Waals surface area contributed by atoms with E-state index < -0.39 is 12.0 Å². The second kappa shape index (κ2) is 7.06. The summed E-state index contributed by atoms with van der Waals surface area (Å²) in [4.78, 5) is 23.1. The quantitative estimate of drug-likeness (QED) is 0.774. The minimum atomic E-state index is -1.02. The van der Waals surface area contributed by atoms with Crippen LogP contribution in [0.5, 0.6) is 0 Å². The van der Waals surface area contributed by atoms with Crippen molar-refractivity contribution in [3.05, 3.63) is 29.8 Å². The van der Waals surface area contributed by atoms with Crippen LogP contribution in [0, 0.1) is 6.92 Å². The van der Waals surface area contributed by atoms with Gasteiger partial charge in [0.05, 0.1) is 0 Å². The van der Waals surface area contributed by atoms with E-state index in [0.717, 1.165) is 4.90 Å². The second-order valence-corrected chi connectivity index (χ2v) is 5.13. The molecule has 1 unspecified atom stereocenters. The van der Waals surface area contributed by atoms with Crippen molar-refractivity contribution in [1.82, 2.24) is 5.32 Å². The fourth-order valence-electron chi connectivity index (χ4n) is 1.35. The average molecular weight is 267 g/mol. The third-order valence-electron chi connectivity index (χ3n) is 2.43. The lowest BCUT2D eigenvalue weighted by molar-refractivity contribution is -0.141. The smallest absolute Gasteiger partial charge is 0.325 e. The molecule has 4 nitrogen and oxygen atoms in total. The van der Waals surface area contributed by atoms with Gasteiger partial charge >= 0.3 is 5.97 Å². The summed E-state index contributed by atoms with van der Waals surface area (Å²) in [5.74, 6) is -0.607. The number of carbonyl (C=O) groups is 2. The van der Waals surface area contributed by atoms with Crippen LogP contribution in [0.3, 0.4) is 0 Å². The van der Waals surface area contributed by atoms with Crippen LogP contribution in [0.2, 0.25) is 0 Å². The summed E-state index contributed by atoms with van der Waals surface area (Å²) in [5, 5.41) is 11.1. The van der Waals surface area contributed by atoms with Crippen molar-refractivity contribution >= 4 is 23.6 Å². The Morgan fingerprint density at radius 1 is 1.39 bits per heavy atom. The summed E-state index contributed by atoms with van der Waals surface area (Å²) < 4.78 is 0. The lowest BCUT2D eigenvalue weighted by Gasteiger charge is -2.09. The highest BCUT2D eigenvalue weighted by Crippen LogP contribution is 2.22. The maximum Gasteiger partial charge on any atom is 0.325 e. The summed E-state index contributed by atoms with van der Waals surface area (Å²) in [7, 11) is 0. The molecule has 0 spiro atoms. The fraction of sp³-hybridized carbons (Fsp3) is 0.385. The van der Waals surface area contributed by atoms with Gasteiger partial charge < -0.3 is 10.4 Å². The van der Waals surface area contributed by atoms with Crippen LogP contribution in [0.25, 0.3) is 0 Å². The van der Waals surface area contributed by atoms with Crippen LogP contribution in [0.1, 0.15) is 18.9 Å². The summed E-state index contributed by atoms with van der Waals surface area (Å²) in [5.41, 5.74) is 1.18. The van der Waals surface area contributed by atoms with Gasteiger partial charge in [-0.3, -0.25) is 9.59 Å². The highest BCUT2D eigenvalue weighted by molar-refractivity contribution is 7.99. The van der Waals surface area contributed by atoms with E-state index in [-0.39, 0.29) is 5.91 Å². The topological polar surface area (TPSA) is 66.4 Å². The zero-order valence-corrected chi connectivity index (χ0v) is 11.3. The molecule has 0 saturated carbocycles. The van der Waals surface area contributed by atoms with Gasteiger partial charge in [-0.05, 0) is 25.5 Å². The summed E-state index contributed by atoms with van der Waals surface area (Å²) in [6.45, 7) is 3.48. The number of aryl methyl sites for hydroxylation is 1. The molecular weight excluding hydrogens is 250 g/mol. The van der Waals surface area contributed by atoms with E-state index in [1.54, 1.807) is 11.8 Å². The molecule has 0 aromatic heterocycles. The van der Waals surface area contributed by atoms with E-state index in [1.807, 2.05) is 31.2 Å². The third-order valence-corrected chi connectivity index (χ3v) is 3.61. The number of amides is 1. The Morgan fingerprint density at radius 2 is 2.06 bits per heavy atom. The molecule has 0 aliphatic carbocycles. The van der Waals surface area contributed by atoms with Gasteiger partial charge in [-0.2, -0.15) is 0 Å². The third kappa shape index (κ3) is 4.79. The Bertz CT molecular complexity index is 434. The number of carboxylic acid groups (broad SMARTS) is 1. The molecule has 98 valence electrons. The molecule has 0 aliphatic rings. The molecule has 0 bridgehead atoms. The van der Waals surface area contributed by atoms with E-state index in [1.165, 1.54) is 12.5 Å². The largest absolute Gasteiger partial charge is 0.480 e. The van der Waals surface area contributed by atoms with Gasteiger partial charge in [0.2, 0.25) is 5.91 Å². The summed E-state index contributed by atoms with van der Waals surface area (Å²) in [6, 6.07) is 7.14. The number of carbonyl (C=O) groups excluding carboxylic acids is 1. The first kappa shape index (κ1) is 14.6. The van der Waals surface area contributed by atoms with Gasteiger partial charge in [-0.15, -0.1) is 11.8 Å². The highest BCUT2D eigenvalue weighted by Gasteiger charge is 2.13. The minimum Gasteiger partial charge on any atom is -0.480 e. The molecule has 1 aromatic carbocycles. The standard InChI is InChI=1S/C13H17NO3S/c1-9-5-3-4-6-11(9)18-8-7-12(15)14-10(2)13(16)17/h3-6,10H,7-8H2,1-2H3,(H,14,15)(H,16,17). The van der Waals surface area contributed by atoms with E-state index >= 15 is 0 Å². The number of aliphatic carboxylic acids is 1. The zero-order chi connectivity index (χ0) is 13.5. The molecule has 0 saturated heterocycles. The molecule has 0 aliphatic heterocycles. The minimum absolute atomic E-state index is 0.231. The number of benzene rings is 1. The molecular formula is C13H17NO3S. The van der Waals surface area contributed by atoms with Gasteiger partial charge in [0.15, 0.2) is 0 Å². The van der Waals surface area contributed by atoms with Crippen molar-refractivity contribution in [1.29, 1.82) is 0 Å². The van der Waals surface area contributed by atoms with Crippen molar-refractivity contribution in [2.75, 3.05) is 5.75 Å². The van der Waals surface area contributed by atoms with Crippen LogP contribution >= 0.6 is 11.8 Å². The first-order chi connectivity index (χ1) is 8.50. The molecule has 0 radical (unpaired) electrons.